The van der Waals surface area contributed by atoms with E-state index < -0.39 is 0 Å². The van der Waals surface area contributed by atoms with Gasteiger partial charge in [-0.2, -0.15) is 0 Å². The van der Waals surface area contributed by atoms with Gasteiger partial charge in [0.25, 0.3) is 0 Å². The molecule has 86 valence electrons. The van der Waals surface area contributed by atoms with Gasteiger partial charge < -0.3 is 11.1 Å². The average Bonchev–Trinajstić information content (AvgIpc) is 2.36. The van der Waals surface area contributed by atoms with Gasteiger partial charge in [-0.3, -0.25) is 0 Å². The van der Waals surface area contributed by atoms with Crippen molar-refractivity contribution in [1.82, 2.24) is 5.32 Å². The third kappa shape index (κ3) is 2.18. The van der Waals surface area contributed by atoms with Gasteiger partial charge in [0, 0.05) is 18.6 Å². The molecule has 0 radical (unpaired) electrons. The van der Waals surface area contributed by atoms with Crippen LogP contribution in [0.3, 0.4) is 0 Å². The predicted molar refractivity (Wildman–Crippen MR) is 68.5 cm³/mol. The van der Waals surface area contributed by atoms with Crippen molar-refractivity contribution >= 4 is 0 Å². The smallest absolute Gasteiger partial charge is 0.0350 e. The second-order valence-electron chi connectivity index (χ2n) is 4.60. The van der Waals surface area contributed by atoms with Crippen LogP contribution in [-0.4, -0.2) is 18.6 Å². The first-order chi connectivity index (χ1) is 7.79. The molecule has 1 unspecified atom stereocenters. The van der Waals surface area contributed by atoms with Crippen LogP contribution in [0.1, 0.15) is 17.5 Å². The normalized spacial score (nSPS) is 23.8. The molecule has 2 heteroatoms. The summed E-state index contributed by atoms with van der Waals surface area (Å²) in [6.45, 7) is 5.27. The number of rotatable bonds is 4. The highest BCUT2D eigenvalue weighted by atomic mass is 15.0. The van der Waals surface area contributed by atoms with Gasteiger partial charge in [0.05, 0.1) is 0 Å². The van der Waals surface area contributed by atoms with Gasteiger partial charge in [-0.1, -0.05) is 30.3 Å². The number of nitrogens with one attached hydrogen (secondary N) is 1. The molecule has 0 heterocycles. The Hall–Kier alpha value is -1.12. The summed E-state index contributed by atoms with van der Waals surface area (Å²) in [5.41, 5.74) is 8.93. The molecule has 1 atom stereocenters. The summed E-state index contributed by atoms with van der Waals surface area (Å²) in [5.74, 6) is 0. The van der Waals surface area contributed by atoms with Gasteiger partial charge in [-0.25, -0.2) is 0 Å². The van der Waals surface area contributed by atoms with E-state index in [1.165, 1.54) is 11.1 Å². The van der Waals surface area contributed by atoms with Crippen LogP contribution in [0.4, 0.5) is 0 Å². The Kier molecular flexibility index (Phi) is 3.42. The highest BCUT2D eigenvalue weighted by Crippen LogP contribution is 2.27. The molecule has 1 aromatic carbocycles. The molecular formula is C14H20N2. The van der Waals surface area contributed by atoms with E-state index in [0.29, 0.717) is 6.54 Å². The van der Waals surface area contributed by atoms with E-state index in [1.807, 2.05) is 6.08 Å². The zero-order chi connectivity index (χ0) is 11.4. The minimum atomic E-state index is 0.0720. The lowest BCUT2D eigenvalue weighted by molar-refractivity contribution is 0.305. The Balaban J connectivity index is 2.18. The predicted octanol–water partition coefficient (Wildman–Crippen LogP) is 1.65. The first-order valence-corrected chi connectivity index (χ1v) is 5.92. The van der Waals surface area contributed by atoms with E-state index in [2.05, 4.69) is 36.2 Å². The van der Waals surface area contributed by atoms with Gasteiger partial charge >= 0.3 is 0 Å². The lowest BCUT2D eigenvalue weighted by Gasteiger charge is -2.38. The monoisotopic (exact) mass is 216 g/mol. The van der Waals surface area contributed by atoms with Crippen LogP contribution < -0.4 is 11.1 Å². The minimum Gasteiger partial charge on any atom is -0.329 e. The van der Waals surface area contributed by atoms with Crippen LogP contribution in [0.15, 0.2) is 36.9 Å². The molecule has 0 bridgehead atoms. The summed E-state index contributed by atoms with van der Waals surface area (Å²) < 4.78 is 0. The fourth-order valence-electron chi connectivity index (χ4n) is 2.49. The molecule has 0 fully saturated rings. The molecule has 2 rings (SSSR count). The third-order valence-corrected chi connectivity index (χ3v) is 3.53. The van der Waals surface area contributed by atoms with E-state index in [4.69, 9.17) is 5.73 Å². The Morgan fingerprint density at radius 1 is 1.38 bits per heavy atom. The van der Waals surface area contributed by atoms with Crippen molar-refractivity contribution in [3.05, 3.63) is 48.0 Å². The zero-order valence-corrected chi connectivity index (χ0v) is 9.71. The maximum absolute atomic E-state index is 5.94. The van der Waals surface area contributed by atoms with Crippen molar-refractivity contribution < 1.29 is 0 Å². The summed E-state index contributed by atoms with van der Waals surface area (Å²) in [7, 11) is 0. The number of hydrogen-bond acceptors (Lipinski definition) is 2. The average molecular weight is 216 g/mol. The summed E-state index contributed by atoms with van der Waals surface area (Å²) >= 11 is 0. The molecule has 1 aliphatic rings. The Morgan fingerprint density at radius 2 is 2.12 bits per heavy atom. The number of fused-ring (bicyclic) bond motifs is 1. The summed E-state index contributed by atoms with van der Waals surface area (Å²) in [6, 6.07) is 8.67. The summed E-state index contributed by atoms with van der Waals surface area (Å²) in [6.07, 6.45) is 5.18. The minimum absolute atomic E-state index is 0.0720. The fourth-order valence-corrected chi connectivity index (χ4v) is 2.49. The van der Waals surface area contributed by atoms with E-state index in [9.17, 15) is 0 Å². The van der Waals surface area contributed by atoms with Gasteiger partial charge in [-0.05, 0) is 30.4 Å². The lowest BCUT2D eigenvalue weighted by atomic mass is 9.78. The first kappa shape index (κ1) is 11.4. The van der Waals surface area contributed by atoms with Gasteiger partial charge in [0.15, 0.2) is 0 Å². The molecule has 1 aromatic rings. The van der Waals surface area contributed by atoms with E-state index in [0.717, 1.165) is 25.8 Å². The van der Waals surface area contributed by atoms with Crippen molar-refractivity contribution in [2.24, 2.45) is 5.73 Å². The van der Waals surface area contributed by atoms with E-state index in [-0.39, 0.29) is 5.54 Å². The van der Waals surface area contributed by atoms with Crippen LogP contribution in [0, 0.1) is 0 Å². The van der Waals surface area contributed by atoms with Crippen LogP contribution in [0.2, 0.25) is 0 Å². The highest BCUT2D eigenvalue weighted by Gasteiger charge is 2.31. The second-order valence-corrected chi connectivity index (χ2v) is 4.60. The molecule has 0 spiro atoms. The Labute approximate surface area is 97.5 Å². The number of hydrogen-bond donors (Lipinski definition) is 2. The highest BCUT2D eigenvalue weighted by molar-refractivity contribution is 5.32. The van der Waals surface area contributed by atoms with E-state index >= 15 is 0 Å². The molecule has 0 saturated carbocycles. The number of benzene rings is 1. The molecular weight excluding hydrogens is 196 g/mol. The van der Waals surface area contributed by atoms with Crippen molar-refractivity contribution in [1.29, 1.82) is 0 Å². The lowest BCUT2D eigenvalue weighted by Crippen LogP contribution is -2.54. The zero-order valence-electron chi connectivity index (χ0n) is 9.71. The van der Waals surface area contributed by atoms with Gasteiger partial charge in [0.2, 0.25) is 0 Å². The summed E-state index contributed by atoms with van der Waals surface area (Å²) in [5, 5.41) is 3.53. The maximum atomic E-state index is 5.94. The SMILES string of the molecule is C=CCNC1(CN)CCc2ccccc2C1. The summed E-state index contributed by atoms with van der Waals surface area (Å²) in [4.78, 5) is 0. The molecule has 0 aromatic heterocycles. The largest absolute Gasteiger partial charge is 0.329 e. The van der Waals surface area contributed by atoms with Gasteiger partial charge in [-0.15, -0.1) is 6.58 Å². The van der Waals surface area contributed by atoms with Crippen LogP contribution in [0.25, 0.3) is 0 Å². The molecule has 0 saturated heterocycles. The maximum Gasteiger partial charge on any atom is 0.0350 e. The molecule has 3 N–H and O–H groups in total. The van der Waals surface area contributed by atoms with Crippen LogP contribution in [0.5, 0.6) is 0 Å². The van der Waals surface area contributed by atoms with Crippen LogP contribution in [-0.2, 0) is 12.8 Å². The first-order valence-electron chi connectivity index (χ1n) is 5.92. The second kappa shape index (κ2) is 4.81. The van der Waals surface area contributed by atoms with Crippen molar-refractivity contribution in [2.75, 3.05) is 13.1 Å². The quantitative estimate of drug-likeness (QED) is 0.751. The van der Waals surface area contributed by atoms with Crippen molar-refractivity contribution in [3.63, 3.8) is 0 Å². The molecule has 2 nitrogen and oxygen atoms in total. The van der Waals surface area contributed by atoms with Crippen molar-refractivity contribution in [3.8, 4) is 0 Å². The van der Waals surface area contributed by atoms with Crippen molar-refractivity contribution in [2.45, 2.75) is 24.8 Å². The molecule has 0 aliphatic heterocycles. The van der Waals surface area contributed by atoms with Crippen LogP contribution >= 0.6 is 0 Å². The van der Waals surface area contributed by atoms with E-state index in [1.54, 1.807) is 0 Å². The number of aryl methyl sites for hydroxylation is 1. The molecule has 0 amide bonds. The third-order valence-electron chi connectivity index (χ3n) is 3.53. The number of nitrogens with two attached hydrogens (primary N) is 1. The topological polar surface area (TPSA) is 38.0 Å². The fraction of sp³-hybridized carbons (Fsp3) is 0.429. The standard InChI is InChI=1S/C14H20N2/c1-2-9-16-14(11-15)8-7-12-5-3-4-6-13(12)10-14/h2-6,16H,1,7-11,15H2. The molecule has 1 aliphatic carbocycles. The van der Waals surface area contributed by atoms with Gasteiger partial charge in [0.1, 0.15) is 0 Å². The molecule has 16 heavy (non-hydrogen) atoms. The Bertz CT molecular complexity index is 373. The Morgan fingerprint density at radius 3 is 2.81 bits per heavy atom.